The molecular weight excluding hydrogens is 212 g/mol. The smallest absolute Gasteiger partial charge is 0.225 e. The highest BCUT2D eigenvalue weighted by Crippen LogP contribution is 2.30. The molecule has 0 radical (unpaired) electrons. The summed E-state index contributed by atoms with van der Waals surface area (Å²) in [5.74, 6) is 1.46. The maximum Gasteiger partial charge on any atom is 0.225 e. The third kappa shape index (κ3) is 2.57. The van der Waals surface area contributed by atoms with Crippen LogP contribution in [0.2, 0.25) is 0 Å². The lowest BCUT2D eigenvalue weighted by molar-refractivity contribution is 0.456. The van der Waals surface area contributed by atoms with Crippen molar-refractivity contribution in [3.8, 4) is 0 Å². The topological polar surface area (TPSA) is 55.0 Å². The summed E-state index contributed by atoms with van der Waals surface area (Å²) in [4.78, 5) is 11.2. The van der Waals surface area contributed by atoms with Crippen molar-refractivity contribution in [3.63, 3.8) is 0 Å². The van der Waals surface area contributed by atoms with Gasteiger partial charge in [-0.05, 0) is 45.2 Å². The lowest BCUT2D eigenvalue weighted by Crippen LogP contribution is -2.41. The fraction of sp³-hybridized carbons (Fsp3) is 0.692. The fourth-order valence-electron chi connectivity index (χ4n) is 2.80. The summed E-state index contributed by atoms with van der Waals surface area (Å²) in [6, 6.07) is 2.46. The van der Waals surface area contributed by atoms with E-state index in [9.17, 15) is 0 Å². The predicted octanol–water partition coefficient (Wildman–Crippen LogP) is 1.74. The first-order chi connectivity index (χ1) is 8.26. The van der Waals surface area contributed by atoms with E-state index in [4.69, 9.17) is 5.73 Å². The van der Waals surface area contributed by atoms with Crippen LogP contribution in [0.1, 0.15) is 31.9 Å². The summed E-state index contributed by atoms with van der Waals surface area (Å²) < 4.78 is 0. The molecule has 94 valence electrons. The highest BCUT2D eigenvalue weighted by Gasteiger charge is 2.31. The van der Waals surface area contributed by atoms with Gasteiger partial charge in [0, 0.05) is 24.5 Å². The number of nitrogens with zero attached hydrogens (tertiary/aromatic N) is 3. The highest BCUT2D eigenvalue weighted by atomic mass is 15.3. The van der Waals surface area contributed by atoms with Crippen LogP contribution in [0.5, 0.6) is 0 Å². The first kappa shape index (κ1) is 12.3. The molecule has 1 aliphatic rings. The Kier molecular flexibility index (Phi) is 3.94. The van der Waals surface area contributed by atoms with Gasteiger partial charge in [-0.2, -0.15) is 0 Å². The predicted molar refractivity (Wildman–Crippen MR) is 70.0 cm³/mol. The summed E-state index contributed by atoms with van der Waals surface area (Å²) in [6.07, 6.45) is 5.57. The molecule has 1 saturated carbocycles. The van der Waals surface area contributed by atoms with Gasteiger partial charge in [0.05, 0.1) is 0 Å². The molecular formula is C13H22N4. The minimum absolute atomic E-state index is 0.520. The first-order valence-electron chi connectivity index (χ1n) is 6.52. The molecule has 2 atom stereocenters. The second-order valence-corrected chi connectivity index (χ2v) is 4.78. The Morgan fingerprint density at radius 1 is 1.47 bits per heavy atom. The van der Waals surface area contributed by atoms with Crippen LogP contribution in [0, 0.1) is 12.8 Å². The zero-order valence-corrected chi connectivity index (χ0v) is 10.8. The van der Waals surface area contributed by atoms with Gasteiger partial charge in [0.25, 0.3) is 0 Å². The molecule has 2 rings (SSSR count). The molecule has 0 spiro atoms. The fourth-order valence-corrected chi connectivity index (χ4v) is 2.80. The van der Waals surface area contributed by atoms with Crippen molar-refractivity contribution < 1.29 is 0 Å². The Balaban J connectivity index is 2.21. The van der Waals surface area contributed by atoms with Crippen molar-refractivity contribution in [3.05, 3.63) is 18.0 Å². The Labute approximate surface area is 103 Å². The zero-order chi connectivity index (χ0) is 12.3. The molecule has 1 aromatic rings. The van der Waals surface area contributed by atoms with Crippen molar-refractivity contribution in [2.45, 2.75) is 39.2 Å². The molecule has 0 saturated heterocycles. The average Bonchev–Trinajstić information content (AvgIpc) is 2.78. The number of hydrogen-bond acceptors (Lipinski definition) is 4. The molecule has 0 aromatic carbocycles. The van der Waals surface area contributed by atoms with Gasteiger partial charge >= 0.3 is 0 Å². The lowest BCUT2D eigenvalue weighted by atomic mass is 10.0. The molecule has 1 aromatic heterocycles. The van der Waals surface area contributed by atoms with Crippen molar-refractivity contribution in [2.75, 3.05) is 18.0 Å². The van der Waals surface area contributed by atoms with E-state index in [0.717, 1.165) is 24.7 Å². The molecule has 1 fully saturated rings. The van der Waals surface area contributed by atoms with Crippen molar-refractivity contribution in [2.24, 2.45) is 11.7 Å². The van der Waals surface area contributed by atoms with E-state index in [0.29, 0.717) is 12.0 Å². The van der Waals surface area contributed by atoms with E-state index in [1.165, 1.54) is 19.3 Å². The summed E-state index contributed by atoms with van der Waals surface area (Å²) >= 11 is 0. The molecule has 0 bridgehead atoms. The van der Waals surface area contributed by atoms with E-state index >= 15 is 0 Å². The van der Waals surface area contributed by atoms with E-state index in [2.05, 4.69) is 21.8 Å². The number of anilines is 1. The lowest BCUT2D eigenvalue weighted by Gasteiger charge is -2.31. The second kappa shape index (κ2) is 5.45. The Morgan fingerprint density at radius 3 is 2.94 bits per heavy atom. The van der Waals surface area contributed by atoms with Crippen LogP contribution in [-0.4, -0.2) is 29.1 Å². The third-order valence-corrected chi connectivity index (χ3v) is 3.70. The Morgan fingerprint density at radius 2 is 2.29 bits per heavy atom. The molecule has 4 heteroatoms. The summed E-state index contributed by atoms with van der Waals surface area (Å²) in [7, 11) is 0. The Bertz CT molecular complexity index is 366. The number of rotatable bonds is 4. The maximum absolute atomic E-state index is 5.86. The largest absolute Gasteiger partial charge is 0.338 e. The maximum atomic E-state index is 5.86. The third-order valence-electron chi connectivity index (χ3n) is 3.70. The average molecular weight is 234 g/mol. The van der Waals surface area contributed by atoms with Crippen LogP contribution in [0.25, 0.3) is 0 Å². The first-order valence-corrected chi connectivity index (χ1v) is 6.52. The summed E-state index contributed by atoms with van der Waals surface area (Å²) in [5, 5.41) is 0. The molecule has 1 aliphatic carbocycles. The number of hydrogen-bond donors (Lipinski definition) is 1. The van der Waals surface area contributed by atoms with Crippen LogP contribution in [-0.2, 0) is 0 Å². The van der Waals surface area contributed by atoms with Crippen molar-refractivity contribution in [1.29, 1.82) is 0 Å². The van der Waals surface area contributed by atoms with Crippen LogP contribution in [0.3, 0.4) is 0 Å². The van der Waals surface area contributed by atoms with Crippen molar-refractivity contribution >= 4 is 5.95 Å². The summed E-state index contributed by atoms with van der Waals surface area (Å²) in [5.41, 5.74) is 6.88. The van der Waals surface area contributed by atoms with Crippen molar-refractivity contribution in [1.82, 2.24) is 9.97 Å². The van der Waals surface area contributed by atoms with Crippen LogP contribution in [0.4, 0.5) is 5.95 Å². The zero-order valence-electron chi connectivity index (χ0n) is 10.8. The van der Waals surface area contributed by atoms with Gasteiger partial charge in [-0.15, -0.1) is 0 Å². The van der Waals surface area contributed by atoms with Gasteiger partial charge in [0.1, 0.15) is 0 Å². The molecule has 0 aliphatic heterocycles. The molecule has 2 N–H and O–H groups in total. The van der Waals surface area contributed by atoms with Gasteiger partial charge in [-0.1, -0.05) is 6.42 Å². The van der Waals surface area contributed by atoms with Gasteiger partial charge in [-0.25, -0.2) is 9.97 Å². The molecule has 17 heavy (non-hydrogen) atoms. The monoisotopic (exact) mass is 234 g/mol. The normalized spacial score (nSPS) is 23.9. The SMILES string of the molecule is CCN(c1nccc(C)n1)C1CCCC1CN. The number of nitrogens with two attached hydrogens (primary N) is 1. The van der Waals surface area contributed by atoms with Crippen LogP contribution in [0.15, 0.2) is 12.3 Å². The van der Waals surface area contributed by atoms with E-state index in [-0.39, 0.29) is 0 Å². The standard InChI is InChI=1S/C13H22N4/c1-3-17(12-6-4-5-11(12)9-14)13-15-8-7-10(2)16-13/h7-8,11-12H,3-6,9,14H2,1-2H3. The van der Waals surface area contributed by atoms with Gasteiger partial charge in [0.2, 0.25) is 5.95 Å². The molecule has 1 heterocycles. The second-order valence-electron chi connectivity index (χ2n) is 4.78. The van der Waals surface area contributed by atoms with Crippen LogP contribution >= 0.6 is 0 Å². The molecule has 4 nitrogen and oxygen atoms in total. The van der Waals surface area contributed by atoms with E-state index in [1.807, 2.05) is 19.2 Å². The quantitative estimate of drug-likeness (QED) is 0.862. The van der Waals surface area contributed by atoms with Gasteiger partial charge < -0.3 is 10.6 Å². The van der Waals surface area contributed by atoms with Gasteiger partial charge in [-0.3, -0.25) is 0 Å². The van der Waals surface area contributed by atoms with Crippen LogP contribution < -0.4 is 10.6 Å². The molecule has 0 amide bonds. The summed E-state index contributed by atoms with van der Waals surface area (Å²) in [6.45, 7) is 5.89. The highest BCUT2D eigenvalue weighted by molar-refractivity contribution is 5.32. The van der Waals surface area contributed by atoms with Gasteiger partial charge in [0.15, 0.2) is 0 Å². The number of aryl methyl sites for hydroxylation is 1. The Hall–Kier alpha value is -1.16. The van der Waals surface area contributed by atoms with E-state index in [1.54, 1.807) is 0 Å². The minimum Gasteiger partial charge on any atom is -0.338 e. The minimum atomic E-state index is 0.520. The molecule has 2 unspecified atom stereocenters. The number of aromatic nitrogens is 2. The van der Waals surface area contributed by atoms with E-state index < -0.39 is 0 Å².